The summed E-state index contributed by atoms with van der Waals surface area (Å²) in [5.74, 6) is 0.493. The first-order chi connectivity index (χ1) is 6.77. The maximum Gasteiger partial charge on any atom is 0.134 e. The van der Waals surface area contributed by atoms with Crippen LogP contribution in [0.3, 0.4) is 0 Å². The van der Waals surface area contributed by atoms with E-state index < -0.39 is 0 Å². The normalized spacial score (nSPS) is 16.0. The summed E-state index contributed by atoms with van der Waals surface area (Å²) in [5.41, 5.74) is 1.51. The molecule has 0 amide bonds. The van der Waals surface area contributed by atoms with E-state index in [1.165, 1.54) is 6.07 Å². The first-order valence-corrected chi connectivity index (χ1v) is 4.82. The monoisotopic (exact) mass is 192 g/mol. The zero-order chi connectivity index (χ0) is 9.97. The summed E-state index contributed by atoms with van der Waals surface area (Å²) < 4.78 is 13.5. The number of aryl methyl sites for hydroxylation is 1. The van der Waals surface area contributed by atoms with Crippen LogP contribution in [-0.2, 0) is 0 Å². The van der Waals surface area contributed by atoms with Gasteiger partial charge in [0.25, 0.3) is 0 Å². The molecule has 1 aliphatic heterocycles. The van der Waals surface area contributed by atoms with Crippen LogP contribution in [0.15, 0.2) is 23.2 Å². The summed E-state index contributed by atoms with van der Waals surface area (Å²) in [4.78, 5) is 4.26. The highest BCUT2D eigenvalue weighted by Gasteiger charge is 2.11. The lowest BCUT2D eigenvalue weighted by Gasteiger charge is -2.15. The molecule has 1 aromatic carbocycles. The van der Waals surface area contributed by atoms with Crippen molar-refractivity contribution in [3.63, 3.8) is 0 Å². The highest BCUT2D eigenvalue weighted by atomic mass is 19.1. The maximum absolute atomic E-state index is 13.5. The average Bonchev–Trinajstić information content (AvgIpc) is 2.19. The number of rotatable bonds is 1. The second kappa shape index (κ2) is 3.78. The van der Waals surface area contributed by atoms with Crippen LogP contribution in [-0.4, -0.2) is 18.9 Å². The van der Waals surface area contributed by atoms with E-state index in [2.05, 4.69) is 10.3 Å². The first-order valence-electron chi connectivity index (χ1n) is 4.82. The molecule has 0 fully saturated rings. The van der Waals surface area contributed by atoms with Gasteiger partial charge in [0, 0.05) is 13.1 Å². The Labute approximate surface area is 82.9 Å². The summed E-state index contributed by atoms with van der Waals surface area (Å²) in [5, 5.41) is 3.11. The molecule has 1 aromatic rings. The van der Waals surface area contributed by atoms with Gasteiger partial charge in [0.2, 0.25) is 0 Å². The van der Waals surface area contributed by atoms with Crippen molar-refractivity contribution in [2.75, 3.05) is 13.1 Å². The van der Waals surface area contributed by atoms with E-state index in [1.807, 2.05) is 13.0 Å². The molecule has 0 radical (unpaired) electrons. The molecule has 0 unspecified atom stereocenters. The number of nitrogens with one attached hydrogen (secondary N) is 1. The van der Waals surface area contributed by atoms with Gasteiger partial charge in [0.05, 0.1) is 5.56 Å². The summed E-state index contributed by atoms with van der Waals surface area (Å²) in [6.45, 7) is 3.55. The van der Waals surface area contributed by atoms with Gasteiger partial charge in [-0.25, -0.2) is 4.39 Å². The SMILES string of the molecule is Cc1ccc(C2=NCCCN2)c(F)c1. The molecule has 1 heterocycles. The van der Waals surface area contributed by atoms with Crippen LogP contribution in [0.5, 0.6) is 0 Å². The molecule has 14 heavy (non-hydrogen) atoms. The molecule has 0 atom stereocenters. The van der Waals surface area contributed by atoms with Crippen molar-refractivity contribution in [2.24, 2.45) is 4.99 Å². The highest BCUT2D eigenvalue weighted by molar-refractivity contribution is 5.99. The predicted molar refractivity (Wildman–Crippen MR) is 55.2 cm³/mol. The van der Waals surface area contributed by atoms with Crippen molar-refractivity contribution in [1.29, 1.82) is 0 Å². The quantitative estimate of drug-likeness (QED) is 0.721. The molecular formula is C11H13FN2. The Hall–Kier alpha value is -1.38. The van der Waals surface area contributed by atoms with Gasteiger partial charge >= 0.3 is 0 Å². The molecule has 74 valence electrons. The fourth-order valence-corrected chi connectivity index (χ4v) is 1.53. The largest absolute Gasteiger partial charge is 0.370 e. The van der Waals surface area contributed by atoms with Crippen LogP contribution in [0.2, 0.25) is 0 Å². The molecule has 1 aliphatic rings. The lowest BCUT2D eigenvalue weighted by atomic mass is 10.1. The van der Waals surface area contributed by atoms with Crippen LogP contribution < -0.4 is 5.32 Å². The number of benzene rings is 1. The summed E-state index contributed by atoms with van der Waals surface area (Å²) in [6.07, 6.45) is 1.02. The summed E-state index contributed by atoms with van der Waals surface area (Å²) in [7, 11) is 0. The Bertz CT molecular complexity index is 372. The molecule has 0 aliphatic carbocycles. The van der Waals surface area contributed by atoms with Gasteiger partial charge in [0.15, 0.2) is 0 Å². The number of nitrogens with zero attached hydrogens (tertiary/aromatic N) is 1. The number of amidine groups is 1. The van der Waals surface area contributed by atoms with E-state index in [-0.39, 0.29) is 5.82 Å². The van der Waals surface area contributed by atoms with Crippen molar-refractivity contribution in [3.8, 4) is 0 Å². The Kier molecular flexibility index (Phi) is 2.48. The van der Waals surface area contributed by atoms with Gasteiger partial charge < -0.3 is 5.32 Å². The Balaban J connectivity index is 2.35. The molecule has 0 saturated heterocycles. The van der Waals surface area contributed by atoms with Crippen LogP contribution >= 0.6 is 0 Å². The highest BCUT2D eigenvalue weighted by Crippen LogP contribution is 2.11. The van der Waals surface area contributed by atoms with Gasteiger partial charge in [-0.15, -0.1) is 0 Å². The lowest BCUT2D eigenvalue weighted by molar-refractivity contribution is 0.620. The van der Waals surface area contributed by atoms with Crippen LogP contribution in [0, 0.1) is 12.7 Å². The fourth-order valence-electron chi connectivity index (χ4n) is 1.53. The minimum Gasteiger partial charge on any atom is -0.370 e. The van der Waals surface area contributed by atoms with Gasteiger partial charge in [-0.1, -0.05) is 6.07 Å². The number of hydrogen-bond donors (Lipinski definition) is 1. The molecule has 3 heteroatoms. The Morgan fingerprint density at radius 3 is 2.93 bits per heavy atom. The van der Waals surface area contributed by atoms with E-state index in [4.69, 9.17) is 0 Å². The van der Waals surface area contributed by atoms with Crippen LogP contribution in [0.1, 0.15) is 17.5 Å². The van der Waals surface area contributed by atoms with Crippen molar-refractivity contribution in [1.82, 2.24) is 5.32 Å². The molecule has 2 nitrogen and oxygen atoms in total. The summed E-state index contributed by atoms with van der Waals surface area (Å²) >= 11 is 0. The second-order valence-corrected chi connectivity index (χ2v) is 3.49. The van der Waals surface area contributed by atoms with Crippen LogP contribution in [0.4, 0.5) is 4.39 Å². The Morgan fingerprint density at radius 2 is 2.29 bits per heavy atom. The minimum absolute atomic E-state index is 0.196. The molecule has 2 rings (SSSR count). The molecular weight excluding hydrogens is 179 g/mol. The molecule has 1 N–H and O–H groups in total. The van der Waals surface area contributed by atoms with E-state index in [1.54, 1.807) is 6.07 Å². The number of halogens is 1. The third-order valence-electron chi connectivity index (χ3n) is 2.28. The zero-order valence-electron chi connectivity index (χ0n) is 8.18. The van der Waals surface area contributed by atoms with Crippen LogP contribution in [0.25, 0.3) is 0 Å². The molecule has 0 spiro atoms. The van der Waals surface area contributed by atoms with Crippen molar-refractivity contribution < 1.29 is 4.39 Å². The van der Waals surface area contributed by atoms with Crippen molar-refractivity contribution in [2.45, 2.75) is 13.3 Å². The van der Waals surface area contributed by atoms with Gasteiger partial charge in [-0.3, -0.25) is 4.99 Å². The second-order valence-electron chi connectivity index (χ2n) is 3.49. The summed E-state index contributed by atoms with van der Waals surface area (Å²) in [6, 6.07) is 5.22. The lowest BCUT2D eigenvalue weighted by Crippen LogP contribution is -2.30. The topological polar surface area (TPSA) is 24.4 Å². The number of hydrogen-bond acceptors (Lipinski definition) is 2. The fraction of sp³-hybridized carbons (Fsp3) is 0.364. The standard InChI is InChI=1S/C11H13FN2/c1-8-3-4-9(10(12)7-8)11-13-5-2-6-14-11/h3-4,7H,2,5-6H2,1H3,(H,13,14). The zero-order valence-corrected chi connectivity index (χ0v) is 8.18. The third kappa shape index (κ3) is 1.76. The molecule has 0 aromatic heterocycles. The maximum atomic E-state index is 13.5. The van der Waals surface area contributed by atoms with E-state index >= 15 is 0 Å². The predicted octanol–water partition coefficient (Wildman–Crippen LogP) is 1.87. The van der Waals surface area contributed by atoms with E-state index in [9.17, 15) is 4.39 Å². The first kappa shape index (κ1) is 9.19. The molecule has 0 saturated carbocycles. The number of aliphatic imine (C=N–C) groups is 1. The molecule has 0 bridgehead atoms. The smallest absolute Gasteiger partial charge is 0.134 e. The van der Waals surface area contributed by atoms with Gasteiger partial charge in [0.1, 0.15) is 11.7 Å². The minimum atomic E-state index is -0.196. The van der Waals surface area contributed by atoms with Crippen molar-refractivity contribution in [3.05, 3.63) is 35.1 Å². The van der Waals surface area contributed by atoms with E-state index in [0.29, 0.717) is 11.4 Å². The Morgan fingerprint density at radius 1 is 1.43 bits per heavy atom. The van der Waals surface area contributed by atoms with Gasteiger partial charge in [-0.05, 0) is 31.0 Å². The third-order valence-corrected chi connectivity index (χ3v) is 2.28. The van der Waals surface area contributed by atoms with Gasteiger partial charge in [-0.2, -0.15) is 0 Å². The average molecular weight is 192 g/mol. The van der Waals surface area contributed by atoms with E-state index in [0.717, 1.165) is 25.1 Å². The van der Waals surface area contributed by atoms with Crippen molar-refractivity contribution >= 4 is 5.84 Å².